The van der Waals surface area contributed by atoms with Crippen LogP contribution in [-0.4, -0.2) is 10.1 Å². The molecule has 0 saturated heterocycles. The number of aliphatic hydroxyl groups is 1. The van der Waals surface area contributed by atoms with Gasteiger partial charge in [-0.3, -0.25) is 0 Å². The molecule has 0 amide bonds. The Hall–Kier alpha value is -1.98. The fraction of sp³-hybridized carbons (Fsp3) is 0.133. The first-order valence-electron chi connectivity index (χ1n) is 6.00. The molecule has 20 heavy (non-hydrogen) atoms. The molecule has 0 spiro atoms. The van der Waals surface area contributed by atoms with Gasteiger partial charge in [-0.2, -0.15) is 0 Å². The lowest BCUT2D eigenvalue weighted by atomic mass is 10.1. The molecule has 0 aliphatic heterocycles. The maximum absolute atomic E-state index is 13.4. The highest BCUT2D eigenvalue weighted by Gasteiger charge is 2.04. The van der Waals surface area contributed by atoms with Crippen molar-refractivity contribution in [2.45, 2.75) is 13.2 Å². The van der Waals surface area contributed by atoms with E-state index in [9.17, 15) is 4.39 Å². The molecule has 3 nitrogen and oxygen atoms in total. The van der Waals surface area contributed by atoms with Crippen molar-refractivity contribution in [1.82, 2.24) is 0 Å². The van der Waals surface area contributed by atoms with Crippen molar-refractivity contribution >= 4 is 17.2 Å². The molecule has 3 N–H and O–H groups in total. The summed E-state index contributed by atoms with van der Waals surface area (Å²) < 4.78 is 19.0. The highest BCUT2D eigenvalue weighted by atomic mass is 32.1. The molecule has 0 aromatic heterocycles. The molecule has 0 aliphatic rings. The van der Waals surface area contributed by atoms with Gasteiger partial charge in [-0.15, -0.1) is 0 Å². The summed E-state index contributed by atoms with van der Waals surface area (Å²) in [4.78, 5) is 0.146. The van der Waals surface area contributed by atoms with E-state index in [1.807, 2.05) is 0 Å². The Morgan fingerprint density at radius 2 is 2.00 bits per heavy atom. The van der Waals surface area contributed by atoms with Gasteiger partial charge < -0.3 is 15.6 Å². The quantitative estimate of drug-likeness (QED) is 0.831. The van der Waals surface area contributed by atoms with E-state index in [0.29, 0.717) is 16.9 Å². The molecule has 2 aromatic rings. The van der Waals surface area contributed by atoms with E-state index in [4.69, 9.17) is 27.8 Å². The third-order valence-electron chi connectivity index (χ3n) is 2.73. The number of thiocarbonyl (C=S) groups is 1. The summed E-state index contributed by atoms with van der Waals surface area (Å²) >= 11 is 4.83. The Kier molecular flexibility index (Phi) is 4.65. The van der Waals surface area contributed by atoms with Gasteiger partial charge in [-0.25, -0.2) is 4.39 Å². The van der Waals surface area contributed by atoms with Crippen molar-refractivity contribution in [3.63, 3.8) is 0 Å². The Bertz CT molecular complexity index is 631. The summed E-state index contributed by atoms with van der Waals surface area (Å²) in [5, 5.41) is 9.05. The molecular weight excluding hydrogens is 277 g/mol. The highest BCUT2D eigenvalue weighted by molar-refractivity contribution is 7.80. The minimum atomic E-state index is -0.405. The number of hydrogen-bond acceptors (Lipinski definition) is 3. The SMILES string of the molecule is NC(=S)c1cc(F)cc(COc2cccc(CO)c2)c1. The molecular formula is C15H14FNO2S. The van der Waals surface area contributed by atoms with Gasteiger partial charge in [0.05, 0.1) is 6.61 Å². The first kappa shape index (κ1) is 14.4. The van der Waals surface area contributed by atoms with Crippen molar-refractivity contribution in [2.24, 2.45) is 5.73 Å². The zero-order valence-corrected chi connectivity index (χ0v) is 11.5. The van der Waals surface area contributed by atoms with Gasteiger partial charge >= 0.3 is 0 Å². The Balaban J connectivity index is 2.12. The van der Waals surface area contributed by atoms with Gasteiger partial charge in [0.25, 0.3) is 0 Å². The fourth-order valence-electron chi connectivity index (χ4n) is 1.78. The number of nitrogens with two attached hydrogens (primary N) is 1. The lowest BCUT2D eigenvalue weighted by molar-refractivity contribution is 0.278. The largest absolute Gasteiger partial charge is 0.489 e. The van der Waals surface area contributed by atoms with E-state index < -0.39 is 5.82 Å². The van der Waals surface area contributed by atoms with Crippen molar-refractivity contribution in [2.75, 3.05) is 0 Å². The molecule has 0 fully saturated rings. The van der Waals surface area contributed by atoms with E-state index in [1.54, 1.807) is 30.3 Å². The van der Waals surface area contributed by atoms with E-state index in [0.717, 1.165) is 5.56 Å². The number of rotatable bonds is 5. The van der Waals surface area contributed by atoms with Gasteiger partial charge in [0.15, 0.2) is 0 Å². The van der Waals surface area contributed by atoms with Crippen LogP contribution in [0.1, 0.15) is 16.7 Å². The predicted molar refractivity (Wildman–Crippen MR) is 79.0 cm³/mol. The molecule has 0 heterocycles. The standard InChI is InChI=1S/C15H14FNO2S/c16-13-5-11(4-12(7-13)15(17)20)9-19-14-3-1-2-10(6-14)8-18/h1-7,18H,8-9H2,(H2,17,20). The van der Waals surface area contributed by atoms with Gasteiger partial charge in [0.1, 0.15) is 23.2 Å². The molecule has 2 aromatic carbocycles. The summed E-state index contributed by atoms with van der Waals surface area (Å²) in [5.74, 6) is 0.204. The topological polar surface area (TPSA) is 55.5 Å². The second kappa shape index (κ2) is 6.45. The Morgan fingerprint density at radius 3 is 2.70 bits per heavy atom. The monoisotopic (exact) mass is 291 g/mol. The third-order valence-corrected chi connectivity index (χ3v) is 2.96. The van der Waals surface area contributed by atoms with Gasteiger partial charge in [-0.1, -0.05) is 24.4 Å². The summed E-state index contributed by atoms with van der Waals surface area (Å²) in [6, 6.07) is 11.4. The number of ether oxygens (including phenoxy) is 1. The minimum Gasteiger partial charge on any atom is -0.489 e. The molecule has 0 radical (unpaired) electrons. The van der Waals surface area contributed by atoms with Crippen molar-refractivity contribution in [3.8, 4) is 5.75 Å². The lowest BCUT2D eigenvalue weighted by Gasteiger charge is -2.09. The van der Waals surface area contributed by atoms with Crippen LogP contribution >= 0.6 is 12.2 Å². The van der Waals surface area contributed by atoms with Gasteiger partial charge in [0, 0.05) is 5.56 Å². The highest BCUT2D eigenvalue weighted by Crippen LogP contribution is 2.16. The molecule has 0 bridgehead atoms. The van der Waals surface area contributed by atoms with E-state index in [1.165, 1.54) is 12.1 Å². The van der Waals surface area contributed by atoms with Crippen LogP contribution in [0.3, 0.4) is 0 Å². The number of hydrogen-bond donors (Lipinski definition) is 2. The van der Waals surface area contributed by atoms with Gasteiger partial charge in [0.2, 0.25) is 0 Å². The maximum atomic E-state index is 13.4. The smallest absolute Gasteiger partial charge is 0.124 e. The number of benzene rings is 2. The van der Waals surface area contributed by atoms with Crippen LogP contribution in [0, 0.1) is 5.82 Å². The number of halogens is 1. The van der Waals surface area contributed by atoms with Gasteiger partial charge in [-0.05, 0) is 41.5 Å². The average molecular weight is 291 g/mol. The van der Waals surface area contributed by atoms with Crippen LogP contribution < -0.4 is 10.5 Å². The zero-order chi connectivity index (χ0) is 14.5. The van der Waals surface area contributed by atoms with Crippen LogP contribution in [-0.2, 0) is 13.2 Å². The zero-order valence-electron chi connectivity index (χ0n) is 10.7. The van der Waals surface area contributed by atoms with Crippen LogP contribution in [0.15, 0.2) is 42.5 Å². The number of aliphatic hydroxyl groups excluding tert-OH is 1. The average Bonchev–Trinajstić information content (AvgIpc) is 2.44. The third kappa shape index (κ3) is 3.76. The molecule has 104 valence electrons. The van der Waals surface area contributed by atoms with Crippen LogP contribution in [0.5, 0.6) is 5.75 Å². The minimum absolute atomic E-state index is 0.0528. The molecule has 5 heteroatoms. The van der Waals surface area contributed by atoms with Crippen molar-refractivity contribution in [1.29, 1.82) is 0 Å². The summed E-state index contributed by atoms with van der Waals surface area (Å²) in [6.45, 7) is 0.144. The molecule has 0 saturated carbocycles. The van der Waals surface area contributed by atoms with Crippen molar-refractivity contribution < 1.29 is 14.2 Å². The molecule has 2 rings (SSSR count). The fourth-order valence-corrected chi connectivity index (χ4v) is 1.89. The lowest BCUT2D eigenvalue weighted by Crippen LogP contribution is -2.10. The second-order valence-electron chi connectivity index (χ2n) is 4.31. The second-order valence-corrected chi connectivity index (χ2v) is 4.75. The van der Waals surface area contributed by atoms with Crippen LogP contribution in [0.4, 0.5) is 4.39 Å². The maximum Gasteiger partial charge on any atom is 0.124 e. The summed E-state index contributed by atoms with van der Waals surface area (Å²) in [7, 11) is 0. The van der Waals surface area contributed by atoms with Crippen LogP contribution in [0.25, 0.3) is 0 Å². The molecule has 0 atom stereocenters. The van der Waals surface area contributed by atoms with E-state index >= 15 is 0 Å². The summed E-state index contributed by atoms with van der Waals surface area (Å²) in [5.41, 5.74) is 7.36. The molecule has 0 unspecified atom stereocenters. The molecule has 0 aliphatic carbocycles. The summed E-state index contributed by atoms with van der Waals surface area (Å²) in [6.07, 6.45) is 0. The first-order valence-corrected chi connectivity index (χ1v) is 6.41. The van der Waals surface area contributed by atoms with Crippen molar-refractivity contribution in [3.05, 3.63) is 65.0 Å². The Labute approximate surface area is 121 Å². The predicted octanol–water partition coefficient (Wildman–Crippen LogP) is 2.53. The Morgan fingerprint density at radius 1 is 1.20 bits per heavy atom. The normalized spacial score (nSPS) is 10.3. The van der Waals surface area contributed by atoms with Crippen LogP contribution in [0.2, 0.25) is 0 Å². The van der Waals surface area contributed by atoms with E-state index in [2.05, 4.69) is 0 Å². The first-order chi connectivity index (χ1) is 9.58. The van der Waals surface area contributed by atoms with E-state index in [-0.39, 0.29) is 18.2 Å².